The normalized spacial score (nSPS) is 12.4. The van der Waals surface area contributed by atoms with Crippen molar-refractivity contribution in [1.29, 1.82) is 0 Å². The first-order valence-electron chi connectivity index (χ1n) is 5.54. The lowest BCUT2D eigenvalue weighted by Crippen LogP contribution is -1.95. The Balaban J connectivity index is 2.30. The van der Waals surface area contributed by atoms with Crippen molar-refractivity contribution in [2.75, 3.05) is 0 Å². The molecule has 1 atom stereocenters. The lowest BCUT2D eigenvalue weighted by atomic mass is 10.2. The summed E-state index contributed by atoms with van der Waals surface area (Å²) in [6.45, 7) is 3.83. The number of nitrogens with zero attached hydrogens (tertiary/aromatic N) is 1. The summed E-state index contributed by atoms with van der Waals surface area (Å²) in [5, 5.41) is 10.6. The molecule has 0 bridgehead atoms. The zero-order valence-corrected chi connectivity index (χ0v) is 10.7. The maximum Gasteiger partial charge on any atom is 0.106 e. The second-order valence-corrected chi connectivity index (χ2v) is 5.05. The molecule has 0 amide bonds. The summed E-state index contributed by atoms with van der Waals surface area (Å²) in [5.41, 5.74) is 2.10. The summed E-state index contributed by atoms with van der Waals surface area (Å²) < 4.78 is 0. The Kier molecular flexibility index (Phi) is 3.82. The van der Waals surface area contributed by atoms with Crippen LogP contribution in [0.4, 0.5) is 0 Å². The molecule has 2 nitrogen and oxygen atoms in total. The summed E-state index contributed by atoms with van der Waals surface area (Å²) in [4.78, 5) is 5.47. The van der Waals surface area contributed by atoms with Gasteiger partial charge in [0.1, 0.15) is 5.03 Å². The molecule has 0 fully saturated rings. The molecule has 0 aliphatic heterocycles. The Morgan fingerprint density at radius 1 is 1.24 bits per heavy atom. The third kappa shape index (κ3) is 3.08. The number of rotatable bonds is 3. The topological polar surface area (TPSA) is 33.1 Å². The van der Waals surface area contributed by atoms with Gasteiger partial charge in [0.25, 0.3) is 0 Å². The van der Waals surface area contributed by atoms with E-state index in [-0.39, 0.29) is 0 Å². The summed E-state index contributed by atoms with van der Waals surface area (Å²) in [5.74, 6) is 0. The number of hydrogen-bond acceptors (Lipinski definition) is 3. The number of benzene rings is 1. The predicted octanol–water partition coefficient (Wildman–Crippen LogP) is 3.59. The molecule has 1 N–H and O–H groups in total. The highest BCUT2D eigenvalue weighted by Crippen LogP contribution is 2.31. The standard InChI is InChI=1S/C14H15NOS/c1-10-5-3-6-12(9-10)17-14-13(11(2)16)7-4-8-15-14/h3-9,11,16H,1-2H3/t11-/m0/s1. The second kappa shape index (κ2) is 5.34. The van der Waals surface area contributed by atoms with E-state index in [1.807, 2.05) is 18.2 Å². The van der Waals surface area contributed by atoms with Gasteiger partial charge in [-0.3, -0.25) is 0 Å². The van der Waals surface area contributed by atoms with Gasteiger partial charge in [-0.05, 0) is 32.0 Å². The van der Waals surface area contributed by atoms with E-state index < -0.39 is 6.10 Å². The molecule has 0 saturated heterocycles. The quantitative estimate of drug-likeness (QED) is 0.897. The third-order valence-electron chi connectivity index (χ3n) is 2.45. The smallest absolute Gasteiger partial charge is 0.106 e. The van der Waals surface area contributed by atoms with Gasteiger partial charge in [0.15, 0.2) is 0 Å². The Morgan fingerprint density at radius 2 is 2.06 bits per heavy atom. The first-order valence-corrected chi connectivity index (χ1v) is 6.36. The zero-order valence-electron chi connectivity index (χ0n) is 9.92. The van der Waals surface area contributed by atoms with E-state index in [1.54, 1.807) is 24.9 Å². The Morgan fingerprint density at radius 3 is 2.76 bits per heavy atom. The van der Waals surface area contributed by atoms with Gasteiger partial charge in [-0.15, -0.1) is 0 Å². The second-order valence-electron chi connectivity index (χ2n) is 3.99. The van der Waals surface area contributed by atoms with Crippen molar-refractivity contribution in [3.05, 3.63) is 53.7 Å². The van der Waals surface area contributed by atoms with E-state index in [4.69, 9.17) is 0 Å². The van der Waals surface area contributed by atoms with Crippen LogP contribution in [0.25, 0.3) is 0 Å². The summed E-state index contributed by atoms with van der Waals surface area (Å²) in [7, 11) is 0. The minimum absolute atomic E-state index is 0.490. The average molecular weight is 245 g/mol. The van der Waals surface area contributed by atoms with E-state index in [1.165, 1.54) is 5.56 Å². The maximum atomic E-state index is 9.68. The first kappa shape index (κ1) is 12.1. The molecule has 0 radical (unpaired) electrons. The molecule has 0 unspecified atom stereocenters. The van der Waals surface area contributed by atoms with Crippen LogP contribution in [0, 0.1) is 6.92 Å². The lowest BCUT2D eigenvalue weighted by Gasteiger charge is -2.10. The van der Waals surface area contributed by atoms with Gasteiger partial charge in [-0.25, -0.2) is 4.98 Å². The Labute approximate surface area is 106 Å². The van der Waals surface area contributed by atoms with Crippen molar-refractivity contribution in [2.45, 2.75) is 29.9 Å². The number of hydrogen-bond donors (Lipinski definition) is 1. The fourth-order valence-electron chi connectivity index (χ4n) is 1.60. The molecule has 88 valence electrons. The minimum Gasteiger partial charge on any atom is -0.389 e. The van der Waals surface area contributed by atoms with Crippen molar-refractivity contribution < 1.29 is 5.11 Å². The van der Waals surface area contributed by atoms with E-state index in [9.17, 15) is 5.11 Å². The van der Waals surface area contributed by atoms with Gasteiger partial charge >= 0.3 is 0 Å². The van der Waals surface area contributed by atoms with Crippen molar-refractivity contribution in [3.63, 3.8) is 0 Å². The zero-order chi connectivity index (χ0) is 12.3. The molecule has 3 heteroatoms. The van der Waals surface area contributed by atoms with Gasteiger partial charge in [-0.1, -0.05) is 35.5 Å². The number of aryl methyl sites for hydroxylation is 1. The third-order valence-corrected chi connectivity index (χ3v) is 3.48. The van der Waals surface area contributed by atoms with E-state index in [0.29, 0.717) is 0 Å². The number of aliphatic hydroxyl groups is 1. The highest BCUT2D eigenvalue weighted by Gasteiger charge is 2.09. The van der Waals surface area contributed by atoms with Crippen LogP contribution in [0.1, 0.15) is 24.2 Å². The fraction of sp³-hybridized carbons (Fsp3) is 0.214. The van der Waals surface area contributed by atoms with Crippen LogP contribution in [-0.2, 0) is 0 Å². The molecule has 0 spiro atoms. The Hall–Kier alpha value is -1.32. The van der Waals surface area contributed by atoms with Crippen LogP contribution in [0.2, 0.25) is 0 Å². The molecule has 2 rings (SSSR count). The maximum absolute atomic E-state index is 9.68. The van der Waals surface area contributed by atoms with Crippen LogP contribution >= 0.6 is 11.8 Å². The van der Waals surface area contributed by atoms with Crippen molar-refractivity contribution in [1.82, 2.24) is 4.98 Å². The highest BCUT2D eigenvalue weighted by atomic mass is 32.2. The molecular formula is C14H15NOS. The molecule has 1 aromatic carbocycles. The molecule has 0 saturated carbocycles. The number of pyridine rings is 1. The first-order chi connectivity index (χ1) is 8.16. The largest absolute Gasteiger partial charge is 0.389 e. The van der Waals surface area contributed by atoms with Crippen molar-refractivity contribution in [3.8, 4) is 0 Å². The van der Waals surface area contributed by atoms with Crippen molar-refractivity contribution >= 4 is 11.8 Å². The predicted molar refractivity (Wildman–Crippen MR) is 70.2 cm³/mol. The minimum atomic E-state index is -0.490. The molecule has 2 aromatic rings. The van der Waals surface area contributed by atoms with E-state index in [2.05, 4.69) is 30.1 Å². The van der Waals surface area contributed by atoms with Gasteiger partial charge in [0.2, 0.25) is 0 Å². The van der Waals surface area contributed by atoms with Crippen LogP contribution in [-0.4, -0.2) is 10.1 Å². The van der Waals surface area contributed by atoms with Crippen molar-refractivity contribution in [2.24, 2.45) is 0 Å². The van der Waals surface area contributed by atoms with Crippen LogP contribution in [0.5, 0.6) is 0 Å². The molecule has 17 heavy (non-hydrogen) atoms. The van der Waals surface area contributed by atoms with E-state index >= 15 is 0 Å². The number of aromatic nitrogens is 1. The van der Waals surface area contributed by atoms with E-state index in [0.717, 1.165) is 15.5 Å². The van der Waals surface area contributed by atoms with Gasteiger partial charge in [-0.2, -0.15) is 0 Å². The Bertz CT molecular complexity index is 511. The molecule has 1 heterocycles. The van der Waals surface area contributed by atoms with Crippen LogP contribution in [0.15, 0.2) is 52.5 Å². The van der Waals surface area contributed by atoms with Crippen LogP contribution in [0.3, 0.4) is 0 Å². The number of aliphatic hydroxyl groups excluding tert-OH is 1. The summed E-state index contributed by atoms with van der Waals surface area (Å²) in [6.07, 6.45) is 1.26. The van der Waals surface area contributed by atoms with Gasteiger partial charge in [0, 0.05) is 16.7 Å². The average Bonchev–Trinajstić information content (AvgIpc) is 2.29. The molecule has 0 aliphatic carbocycles. The van der Waals surface area contributed by atoms with Crippen LogP contribution < -0.4 is 0 Å². The molecular weight excluding hydrogens is 230 g/mol. The summed E-state index contributed by atoms with van der Waals surface area (Å²) >= 11 is 1.59. The lowest BCUT2D eigenvalue weighted by molar-refractivity contribution is 0.195. The highest BCUT2D eigenvalue weighted by molar-refractivity contribution is 7.99. The SMILES string of the molecule is Cc1cccc(Sc2ncccc2[C@H](C)O)c1. The van der Waals surface area contributed by atoms with Gasteiger partial charge < -0.3 is 5.11 Å². The molecule has 0 aliphatic rings. The fourth-order valence-corrected chi connectivity index (χ4v) is 2.68. The van der Waals surface area contributed by atoms with Gasteiger partial charge in [0.05, 0.1) is 6.10 Å². The summed E-state index contributed by atoms with van der Waals surface area (Å²) in [6, 6.07) is 12.0. The molecule has 1 aromatic heterocycles. The monoisotopic (exact) mass is 245 g/mol.